The summed E-state index contributed by atoms with van der Waals surface area (Å²) in [5, 5.41) is 0. The lowest BCUT2D eigenvalue weighted by atomic mass is 10.3. The van der Waals surface area contributed by atoms with E-state index in [0.29, 0.717) is 12.3 Å². The van der Waals surface area contributed by atoms with Gasteiger partial charge >= 0.3 is 0 Å². The molecule has 0 atom stereocenters. The number of likely N-dealkylation sites (N-methyl/N-ethyl adjacent to an activating group) is 1. The van der Waals surface area contributed by atoms with Gasteiger partial charge in [0.25, 0.3) is 0 Å². The Hall–Kier alpha value is -1.64. The maximum atomic E-state index is 10.0. The second-order valence-electron chi connectivity index (χ2n) is 3.57. The Morgan fingerprint density at radius 3 is 2.41 bits per heavy atom. The highest BCUT2D eigenvalue weighted by atomic mass is 16.5. The minimum Gasteiger partial charge on any atom is -0.492 e. The number of ether oxygens (including phenoxy) is 1. The second-order valence-corrected chi connectivity index (χ2v) is 3.57. The largest absolute Gasteiger partial charge is 0.492 e. The zero-order valence-corrected chi connectivity index (χ0v) is 10.3. The Balaban J connectivity index is 2.39. The van der Waals surface area contributed by atoms with Gasteiger partial charge in [0, 0.05) is 6.54 Å². The van der Waals surface area contributed by atoms with Gasteiger partial charge in [-0.1, -0.05) is 13.8 Å². The zero-order chi connectivity index (χ0) is 12.5. The third-order valence-corrected chi connectivity index (χ3v) is 2.58. The minimum atomic E-state index is 0.594. The molecule has 0 fully saturated rings. The highest BCUT2D eigenvalue weighted by Crippen LogP contribution is 2.17. The first-order valence-electron chi connectivity index (χ1n) is 5.83. The lowest BCUT2D eigenvalue weighted by Gasteiger charge is -2.17. The molecule has 0 bridgehead atoms. The van der Waals surface area contributed by atoms with Crippen molar-refractivity contribution in [2.75, 3.05) is 26.2 Å². The maximum Gasteiger partial charge on any atom is 0.240 e. The summed E-state index contributed by atoms with van der Waals surface area (Å²) >= 11 is 0. The molecule has 4 heteroatoms. The van der Waals surface area contributed by atoms with Gasteiger partial charge in [0.05, 0.1) is 5.69 Å². The summed E-state index contributed by atoms with van der Waals surface area (Å²) in [6.07, 6.45) is 1.50. The highest BCUT2D eigenvalue weighted by molar-refractivity contribution is 5.49. The van der Waals surface area contributed by atoms with Gasteiger partial charge in [-0.2, -0.15) is 4.99 Å². The summed E-state index contributed by atoms with van der Waals surface area (Å²) in [7, 11) is 0. The molecule has 4 nitrogen and oxygen atoms in total. The van der Waals surface area contributed by atoms with Gasteiger partial charge in [-0.15, -0.1) is 0 Å². The molecule has 0 aliphatic heterocycles. The predicted molar refractivity (Wildman–Crippen MR) is 67.5 cm³/mol. The number of benzene rings is 1. The van der Waals surface area contributed by atoms with Crippen LogP contribution < -0.4 is 4.74 Å². The Labute approximate surface area is 102 Å². The summed E-state index contributed by atoms with van der Waals surface area (Å²) in [5.74, 6) is 0.794. The average molecular weight is 234 g/mol. The molecule has 92 valence electrons. The molecule has 0 aliphatic carbocycles. The van der Waals surface area contributed by atoms with Crippen molar-refractivity contribution in [1.29, 1.82) is 0 Å². The molecule has 0 saturated carbocycles. The summed E-state index contributed by atoms with van der Waals surface area (Å²) in [6, 6.07) is 7.08. The van der Waals surface area contributed by atoms with E-state index >= 15 is 0 Å². The number of nitrogens with zero attached hydrogens (tertiary/aromatic N) is 2. The molecular weight excluding hydrogens is 216 g/mol. The van der Waals surface area contributed by atoms with Gasteiger partial charge in [0.15, 0.2) is 0 Å². The van der Waals surface area contributed by atoms with Crippen LogP contribution in [0, 0.1) is 0 Å². The van der Waals surface area contributed by atoms with Gasteiger partial charge in [0.2, 0.25) is 6.08 Å². The predicted octanol–water partition coefficient (Wildman–Crippen LogP) is 2.37. The van der Waals surface area contributed by atoms with E-state index in [1.165, 1.54) is 6.08 Å². The van der Waals surface area contributed by atoms with Crippen molar-refractivity contribution in [2.45, 2.75) is 13.8 Å². The van der Waals surface area contributed by atoms with Gasteiger partial charge < -0.3 is 9.64 Å². The molecule has 0 aromatic heterocycles. The van der Waals surface area contributed by atoms with Gasteiger partial charge in [-0.3, -0.25) is 0 Å². The number of rotatable bonds is 7. The van der Waals surface area contributed by atoms with Crippen molar-refractivity contribution >= 4 is 11.8 Å². The summed E-state index contributed by atoms with van der Waals surface area (Å²) in [5.41, 5.74) is 0.594. The van der Waals surface area contributed by atoms with E-state index < -0.39 is 0 Å². The van der Waals surface area contributed by atoms with Crippen molar-refractivity contribution in [1.82, 2.24) is 4.90 Å². The van der Waals surface area contributed by atoms with Gasteiger partial charge in [0.1, 0.15) is 12.4 Å². The Kier molecular flexibility index (Phi) is 6.00. The van der Waals surface area contributed by atoms with Crippen LogP contribution in [-0.2, 0) is 4.79 Å². The summed E-state index contributed by atoms with van der Waals surface area (Å²) in [4.78, 5) is 15.9. The number of isocyanates is 1. The first kappa shape index (κ1) is 13.4. The van der Waals surface area contributed by atoms with Crippen LogP contribution in [0.5, 0.6) is 5.75 Å². The van der Waals surface area contributed by atoms with Crippen molar-refractivity contribution < 1.29 is 9.53 Å². The Morgan fingerprint density at radius 1 is 1.24 bits per heavy atom. The average Bonchev–Trinajstić information content (AvgIpc) is 2.37. The zero-order valence-electron chi connectivity index (χ0n) is 10.3. The highest BCUT2D eigenvalue weighted by Gasteiger charge is 1.99. The normalized spacial score (nSPS) is 10.1. The van der Waals surface area contributed by atoms with E-state index in [0.717, 1.165) is 25.4 Å². The molecule has 0 heterocycles. The molecule has 0 amide bonds. The van der Waals surface area contributed by atoms with Crippen molar-refractivity contribution in [2.24, 2.45) is 4.99 Å². The molecule has 0 radical (unpaired) electrons. The quantitative estimate of drug-likeness (QED) is 0.537. The van der Waals surface area contributed by atoms with E-state index in [1.807, 2.05) is 0 Å². The van der Waals surface area contributed by atoms with Crippen LogP contribution in [0.2, 0.25) is 0 Å². The Morgan fingerprint density at radius 2 is 1.88 bits per heavy atom. The van der Waals surface area contributed by atoms with Crippen molar-refractivity contribution in [3.8, 4) is 5.75 Å². The molecule has 1 aromatic rings. The number of hydrogen-bond acceptors (Lipinski definition) is 4. The van der Waals surface area contributed by atoms with E-state index in [2.05, 4.69) is 23.7 Å². The van der Waals surface area contributed by atoms with E-state index in [9.17, 15) is 4.79 Å². The molecule has 1 aromatic carbocycles. The first-order valence-corrected chi connectivity index (χ1v) is 5.83. The summed E-state index contributed by atoms with van der Waals surface area (Å²) in [6.45, 7) is 7.92. The third-order valence-electron chi connectivity index (χ3n) is 2.58. The minimum absolute atomic E-state index is 0.594. The molecule has 0 spiro atoms. The molecule has 0 saturated heterocycles. The van der Waals surface area contributed by atoms with Crippen LogP contribution in [-0.4, -0.2) is 37.2 Å². The Bertz CT molecular complexity index is 366. The second kappa shape index (κ2) is 7.60. The number of carbonyl (C=O) groups excluding carboxylic acids is 1. The van der Waals surface area contributed by atoms with Crippen LogP contribution in [0.1, 0.15) is 13.8 Å². The van der Waals surface area contributed by atoms with Gasteiger partial charge in [-0.05, 0) is 37.4 Å². The molecule has 0 N–H and O–H groups in total. The monoisotopic (exact) mass is 234 g/mol. The number of hydrogen-bond donors (Lipinski definition) is 0. The fourth-order valence-electron chi connectivity index (χ4n) is 1.50. The fourth-order valence-corrected chi connectivity index (χ4v) is 1.50. The molecule has 17 heavy (non-hydrogen) atoms. The lowest BCUT2D eigenvalue weighted by molar-refractivity contribution is 0.223. The van der Waals surface area contributed by atoms with Crippen LogP contribution in [0.25, 0.3) is 0 Å². The smallest absolute Gasteiger partial charge is 0.240 e. The number of aliphatic imine (C=N–C) groups is 1. The SMILES string of the molecule is CCN(CC)CCOc1ccc(N=C=O)cc1. The topological polar surface area (TPSA) is 41.9 Å². The van der Waals surface area contributed by atoms with E-state index in [-0.39, 0.29) is 0 Å². The van der Waals surface area contributed by atoms with Crippen molar-refractivity contribution in [3.63, 3.8) is 0 Å². The van der Waals surface area contributed by atoms with Crippen LogP contribution in [0.3, 0.4) is 0 Å². The van der Waals surface area contributed by atoms with Crippen LogP contribution in [0.4, 0.5) is 5.69 Å². The standard InChI is InChI=1S/C13H18N2O2/c1-3-15(4-2)9-10-17-13-7-5-12(6-8-13)14-11-16/h5-8H,3-4,9-10H2,1-2H3. The van der Waals surface area contributed by atoms with Crippen LogP contribution >= 0.6 is 0 Å². The maximum absolute atomic E-state index is 10.0. The van der Waals surface area contributed by atoms with Crippen molar-refractivity contribution in [3.05, 3.63) is 24.3 Å². The third kappa shape index (κ3) is 4.81. The van der Waals surface area contributed by atoms with E-state index in [4.69, 9.17) is 4.74 Å². The molecule has 1 rings (SSSR count). The lowest BCUT2D eigenvalue weighted by Crippen LogP contribution is -2.27. The summed E-state index contributed by atoms with van der Waals surface area (Å²) < 4.78 is 5.59. The van der Waals surface area contributed by atoms with E-state index in [1.54, 1.807) is 24.3 Å². The van der Waals surface area contributed by atoms with Gasteiger partial charge in [-0.25, -0.2) is 4.79 Å². The molecule has 0 unspecified atom stereocenters. The fraction of sp³-hybridized carbons (Fsp3) is 0.462. The molecular formula is C13H18N2O2. The first-order chi connectivity index (χ1) is 8.30. The van der Waals surface area contributed by atoms with Crippen LogP contribution in [0.15, 0.2) is 29.3 Å². The molecule has 0 aliphatic rings.